The van der Waals surface area contributed by atoms with Crippen LogP contribution in [0.1, 0.15) is 24.8 Å². The second-order valence-electron chi connectivity index (χ2n) is 5.38. The molecule has 1 aromatic rings. The van der Waals surface area contributed by atoms with Crippen LogP contribution in [-0.4, -0.2) is 34.0 Å². The summed E-state index contributed by atoms with van der Waals surface area (Å²) in [7, 11) is 0. The number of hydrogen-bond acceptors (Lipinski definition) is 4. The summed E-state index contributed by atoms with van der Waals surface area (Å²) >= 11 is 0. The number of carboxylic acid groups (broad SMARTS) is 1. The first-order valence-corrected chi connectivity index (χ1v) is 6.82. The van der Waals surface area contributed by atoms with Gasteiger partial charge < -0.3 is 5.11 Å². The molecule has 1 unspecified atom stereocenters. The third-order valence-corrected chi connectivity index (χ3v) is 3.68. The average Bonchev–Trinajstić information content (AvgIpc) is 2.37. The number of halogens is 1. The molecule has 114 valence electrons. The molecule has 0 radical (unpaired) electrons. The fourth-order valence-electron chi connectivity index (χ4n) is 2.76. The lowest BCUT2D eigenvalue weighted by molar-refractivity contribution is -0.387. The summed E-state index contributed by atoms with van der Waals surface area (Å²) in [6.45, 7) is 1.96. The van der Waals surface area contributed by atoms with Gasteiger partial charge in [-0.15, -0.1) is 0 Å². The molecule has 1 heterocycles. The minimum atomic E-state index is -0.836. The third kappa shape index (κ3) is 4.22. The summed E-state index contributed by atoms with van der Waals surface area (Å²) in [5, 5.41) is 19.4. The van der Waals surface area contributed by atoms with Crippen molar-refractivity contribution in [3.63, 3.8) is 0 Å². The fourth-order valence-corrected chi connectivity index (χ4v) is 2.76. The van der Waals surface area contributed by atoms with Crippen molar-refractivity contribution in [3.05, 3.63) is 39.7 Å². The van der Waals surface area contributed by atoms with Gasteiger partial charge in [0.05, 0.1) is 4.92 Å². The zero-order chi connectivity index (χ0) is 15.4. The highest BCUT2D eigenvalue weighted by Crippen LogP contribution is 2.23. The Labute approximate surface area is 121 Å². The molecular formula is C14H17FN2O4. The number of nitro benzene ring substituents is 1. The lowest BCUT2D eigenvalue weighted by atomic mass is 9.94. The summed E-state index contributed by atoms with van der Waals surface area (Å²) in [6, 6.07) is 3.89. The monoisotopic (exact) mass is 296 g/mol. The molecule has 0 amide bonds. The van der Waals surface area contributed by atoms with Crippen LogP contribution in [0.3, 0.4) is 0 Å². The van der Waals surface area contributed by atoms with Crippen LogP contribution < -0.4 is 0 Å². The summed E-state index contributed by atoms with van der Waals surface area (Å²) in [5.74, 6) is -1.53. The fraction of sp³-hybridized carbons (Fsp3) is 0.500. The van der Waals surface area contributed by atoms with Gasteiger partial charge in [0.15, 0.2) is 0 Å². The number of piperidine rings is 1. The minimum absolute atomic E-state index is 0.110. The van der Waals surface area contributed by atoms with E-state index in [2.05, 4.69) is 4.90 Å². The van der Waals surface area contributed by atoms with E-state index in [0.717, 1.165) is 19.4 Å². The smallest absolute Gasteiger partial charge is 0.304 e. The molecule has 6 nitrogen and oxygen atoms in total. The lowest BCUT2D eigenvalue weighted by Crippen LogP contribution is -2.35. The van der Waals surface area contributed by atoms with Crippen LogP contribution in [0.25, 0.3) is 0 Å². The summed E-state index contributed by atoms with van der Waals surface area (Å²) < 4.78 is 13.6. The number of rotatable bonds is 5. The maximum Gasteiger partial charge on any atom is 0.304 e. The Morgan fingerprint density at radius 1 is 1.52 bits per heavy atom. The van der Waals surface area contributed by atoms with Crippen LogP contribution in [0.2, 0.25) is 0 Å². The van der Waals surface area contributed by atoms with Gasteiger partial charge in [-0.2, -0.15) is 4.39 Å². The highest BCUT2D eigenvalue weighted by molar-refractivity contribution is 5.67. The Hall–Kier alpha value is -2.02. The number of nitrogens with zero attached hydrogens (tertiary/aromatic N) is 2. The van der Waals surface area contributed by atoms with Gasteiger partial charge in [0, 0.05) is 25.6 Å². The van der Waals surface area contributed by atoms with Gasteiger partial charge in [-0.25, -0.2) is 0 Å². The first-order chi connectivity index (χ1) is 9.95. The van der Waals surface area contributed by atoms with Gasteiger partial charge in [-0.05, 0) is 36.9 Å². The van der Waals surface area contributed by atoms with Gasteiger partial charge in [0.2, 0.25) is 5.82 Å². The number of nitro groups is 1. The minimum Gasteiger partial charge on any atom is -0.481 e. The van der Waals surface area contributed by atoms with Gasteiger partial charge in [-0.3, -0.25) is 19.8 Å². The van der Waals surface area contributed by atoms with Gasteiger partial charge in [0.25, 0.3) is 0 Å². The summed E-state index contributed by atoms with van der Waals surface area (Å²) in [4.78, 5) is 22.6. The van der Waals surface area contributed by atoms with Crippen molar-refractivity contribution in [1.82, 2.24) is 4.90 Å². The first kappa shape index (κ1) is 15.4. The van der Waals surface area contributed by atoms with Crippen molar-refractivity contribution in [3.8, 4) is 0 Å². The van der Waals surface area contributed by atoms with E-state index in [-0.39, 0.29) is 12.3 Å². The van der Waals surface area contributed by atoms with E-state index in [4.69, 9.17) is 5.11 Å². The highest BCUT2D eigenvalue weighted by Gasteiger charge is 2.22. The molecular weight excluding hydrogens is 279 g/mol. The molecule has 1 aliphatic rings. The van der Waals surface area contributed by atoms with Crippen molar-refractivity contribution in [2.45, 2.75) is 25.8 Å². The van der Waals surface area contributed by atoms with Crippen molar-refractivity contribution in [1.29, 1.82) is 0 Å². The molecule has 0 bridgehead atoms. The zero-order valence-corrected chi connectivity index (χ0v) is 11.5. The maximum atomic E-state index is 13.6. The quantitative estimate of drug-likeness (QED) is 0.666. The molecule has 2 rings (SSSR count). The molecule has 1 aliphatic heterocycles. The lowest BCUT2D eigenvalue weighted by Gasteiger charge is -2.32. The van der Waals surface area contributed by atoms with E-state index in [9.17, 15) is 19.3 Å². The summed E-state index contributed by atoms with van der Waals surface area (Å²) in [5.41, 5.74) is 0.134. The number of carbonyl (C=O) groups is 1. The average molecular weight is 296 g/mol. The van der Waals surface area contributed by atoms with Gasteiger partial charge >= 0.3 is 11.7 Å². The van der Waals surface area contributed by atoms with Crippen LogP contribution in [0.4, 0.5) is 10.1 Å². The molecule has 7 heteroatoms. The molecule has 0 aromatic heterocycles. The standard InChI is InChI=1S/C14H17FN2O4/c15-12-6-11(3-4-13(12)17(20)21)9-16-5-1-2-10(8-16)7-14(18)19/h3-4,6,10H,1-2,5,7-9H2,(H,18,19). The third-order valence-electron chi connectivity index (χ3n) is 3.68. The zero-order valence-electron chi connectivity index (χ0n) is 11.5. The molecule has 1 aromatic carbocycles. The van der Waals surface area contributed by atoms with Crippen molar-refractivity contribution >= 4 is 11.7 Å². The van der Waals surface area contributed by atoms with E-state index in [1.807, 2.05) is 0 Å². The Morgan fingerprint density at radius 3 is 2.90 bits per heavy atom. The molecule has 1 N–H and O–H groups in total. The van der Waals surface area contributed by atoms with Crippen LogP contribution in [-0.2, 0) is 11.3 Å². The Bertz CT molecular complexity index is 550. The largest absolute Gasteiger partial charge is 0.481 e. The van der Waals surface area contributed by atoms with Crippen LogP contribution in [0.15, 0.2) is 18.2 Å². The summed E-state index contributed by atoms with van der Waals surface area (Å²) in [6.07, 6.45) is 1.94. The normalized spacial score (nSPS) is 19.4. The van der Waals surface area contributed by atoms with E-state index in [1.165, 1.54) is 12.1 Å². The predicted molar refractivity (Wildman–Crippen MR) is 73.3 cm³/mol. The van der Waals surface area contributed by atoms with Crippen LogP contribution in [0, 0.1) is 21.8 Å². The molecule has 1 fully saturated rings. The maximum absolute atomic E-state index is 13.6. The van der Waals surface area contributed by atoms with E-state index >= 15 is 0 Å². The SMILES string of the molecule is O=C(O)CC1CCCN(Cc2ccc([N+](=O)[O-])c(F)c2)C1. The molecule has 0 spiro atoms. The molecule has 0 saturated carbocycles. The number of aliphatic carboxylic acids is 1. The topological polar surface area (TPSA) is 83.7 Å². The van der Waals surface area contributed by atoms with Gasteiger partial charge in [-0.1, -0.05) is 6.07 Å². The second-order valence-corrected chi connectivity index (χ2v) is 5.38. The molecule has 1 atom stereocenters. The van der Waals surface area contributed by atoms with Crippen molar-refractivity contribution in [2.75, 3.05) is 13.1 Å². The van der Waals surface area contributed by atoms with E-state index in [1.54, 1.807) is 6.07 Å². The van der Waals surface area contributed by atoms with E-state index in [0.29, 0.717) is 18.7 Å². The van der Waals surface area contributed by atoms with E-state index < -0.39 is 22.4 Å². The van der Waals surface area contributed by atoms with Crippen molar-refractivity contribution in [2.24, 2.45) is 5.92 Å². The molecule has 0 aliphatic carbocycles. The Balaban J connectivity index is 1.99. The number of benzene rings is 1. The van der Waals surface area contributed by atoms with Crippen LogP contribution >= 0.6 is 0 Å². The predicted octanol–water partition coefficient (Wildman–Crippen LogP) is 2.42. The molecule has 21 heavy (non-hydrogen) atoms. The van der Waals surface area contributed by atoms with Gasteiger partial charge in [0.1, 0.15) is 0 Å². The number of likely N-dealkylation sites (tertiary alicyclic amines) is 1. The second kappa shape index (κ2) is 6.62. The Kier molecular flexibility index (Phi) is 4.85. The first-order valence-electron chi connectivity index (χ1n) is 6.82. The number of hydrogen-bond donors (Lipinski definition) is 1. The van der Waals surface area contributed by atoms with Crippen molar-refractivity contribution < 1.29 is 19.2 Å². The number of carboxylic acids is 1. The van der Waals surface area contributed by atoms with Crippen LogP contribution in [0.5, 0.6) is 0 Å². The molecule has 1 saturated heterocycles. The Morgan fingerprint density at radius 2 is 2.29 bits per heavy atom. The highest BCUT2D eigenvalue weighted by atomic mass is 19.1.